The van der Waals surface area contributed by atoms with Crippen LogP contribution >= 0.6 is 0 Å². The number of ether oxygens (including phenoxy) is 4. The SMILES string of the molecule is CO[C@@H]1CN(C(=O)OCc2ccccc2)C[C@H]1Oc1cccc(CS(=O)(=O)N(C)C2CCOCC2)c1. The lowest BCUT2D eigenvalue weighted by Crippen LogP contribution is -2.41. The van der Waals surface area contributed by atoms with Crippen molar-refractivity contribution in [3.8, 4) is 5.75 Å². The Morgan fingerprint density at radius 2 is 1.72 bits per heavy atom. The van der Waals surface area contributed by atoms with Gasteiger partial charge in [-0.15, -0.1) is 0 Å². The summed E-state index contributed by atoms with van der Waals surface area (Å²) in [6, 6.07) is 16.5. The number of carbonyl (C=O) groups excluding carboxylic acids is 1. The topological polar surface area (TPSA) is 94.6 Å². The van der Waals surface area contributed by atoms with E-state index >= 15 is 0 Å². The standard InChI is InChI=1S/C26H34N2O7S/c1-27(22-11-13-33-14-12-22)36(30,31)19-21-9-6-10-23(15-21)35-25-17-28(16-24(25)32-2)26(29)34-18-20-7-4-3-5-8-20/h3-10,15,22,24-25H,11-14,16-19H2,1-2H3/t24-,25-/m1/s1. The van der Waals surface area contributed by atoms with Gasteiger partial charge in [-0.3, -0.25) is 0 Å². The van der Waals surface area contributed by atoms with Crippen LogP contribution in [0.4, 0.5) is 4.79 Å². The summed E-state index contributed by atoms with van der Waals surface area (Å²) in [5.41, 5.74) is 1.55. The van der Waals surface area contributed by atoms with Crippen molar-refractivity contribution in [3.63, 3.8) is 0 Å². The van der Waals surface area contributed by atoms with Crippen molar-refractivity contribution in [1.82, 2.24) is 9.21 Å². The van der Waals surface area contributed by atoms with Crippen LogP contribution in [-0.4, -0.2) is 82.4 Å². The van der Waals surface area contributed by atoms with Gasteiger partial charge < -0.3 is 23.8 Å². The van der Waals surface area contributed by atoms with Crippen LogP contribution in [0.2, 0.25) is 0 Å². The number of rotatable bonds is 9. The molecule has 0 unspecified atom stereocenters. The molecule has 10 heteroatoms. The summed E-state index contributed by atoms with van der Waals surface area (Å²) in [5.74, 6) is 0.414. The van der Waals surface area contributed by atoms with E-state index in [4.69, 9.17) is 18.9 Å². The highest BCUT2D eigenvalue weighted by Crippen LogP contribution is 2.24. The summed E-state index contributed by atoms with van der Waals surface area (Å²) in [7, 11) is -0.277. The van der Waals surface area contributed by atoms with Gasteiger partial charge in [0.25, 0.3) is 0 Å². The average molecular weight is 519 g/mol. The second kappa shape index (κ2) is 12.1. The van der Waals surface area contributed by atoms with Crippen LogP contribution in [-0.2, 0) is 36.6 Å². The zero-order valence-electron chi connectivity index (χ0n) is 20.7. The van der Waals surface area contributed by atoms with Crippen LogP contribution in [0.1, 0.15) is 24.0 Å². The fourth-order valence-corrected chi connectivity index (χ4v) is 5.98. The molecule has 2 aliphatic rings. The number of nitrogens with zero attached hydrogens (tertiary/aromatic N) is 2. The molecule has 2 aliphatic heterocycles. The van der Waals surface area contributed by atoms with Gasteiger partial charge in [-0.2, -0.15) is 0 Å². The van der Waals surface area contributed by atoms with Gasteiger partial charge in [0.1, 0.15) is 24.6 Å². The first-order valence-electron chi connectivity index (χ1n) is 12.1. The smallest absolute Gasteiger partial charge is 0.410 e. The van der Waals surface area contributed by atoms with E-state index in [-0.39, 0.29) is 24.5 Å². The molecule has 36 heavy (non-hydrogen) atoms. The van der Waals surface area contributed by atoms with Gasteiger partial charge in [-0.1, -0.05) is 42.5 Å². The molecular formula is C26H34N2O7S. The minimum absolute atomic E-state index is 0.0447. The molecule has 4 rings (SSSR count). The number of hydrogen-bond acceptors (Lipinski definition) is 7. The van der Waals surface area contributed by atoms with Gasteiger partial charge in [-0.25, -0.2) is 17.5 Å². The highest BCUT2D eigenvalue weighted by atomic mass is 32.2. The summed E-state index contributed by atoms with van der Waals surface area (Å²) in [6.07, 6.45) is 0.229. The molecule has 2 saturated heterocycles. The maximum Gasteiger partial charge on any atom is 0.410 e. The van der Waals surface area contributed by atoms with Gasteiger partial charge in [0, 0.05) is 33.4 Å². The van der Waals surface area contributed by atoms with Crippen molar-refractivity contribution >= 4 is 16.1 Å². The Bertz CT molecular complexity index is 1110. The van der Waals surface area contributed by atoms with E-state index in [9.17, 15) is 13.2 Å². The van der Waals surface area contributed by atoms with Crippen molar-refractivity contribution in [3.05, 3.63) is 65.7 Å². The molecule has 2 aromatic carbocycles. The second-order valence-electron chi connectivity index (χ2n) is 9.14. The van der Waals surface area contributed by atoms with Crippen LogP contribution in [0.5, 0.6) is 5.75 Å². The Morgan fingerprint density at radius 3 is 2.44 bits per heavy atom. The van der Waals surface area contributed by atoms with Gasteiger partial charge in [0.2, 0.25) is 10.0 Å². The largest absolute Gasteiger partial charge is 0.486 e. The van der Waals surface area contributed by atoms with Crippen LogP contribution in [0, 0.1) is 0 Å². The molecule has 2 atom stereocenters. The minimum Gasteiger partial charge on any atom is -0.486 e. The summed E-state index contributed by atoms with van der Waals surface area (Å²) in [4.78, 5) is 14.2. The van der Waals surface area contributed by atoms with Gasteiger partial charge in [-0.05, 0) is 36.1 Å². The number of methoxy groups -OCH3 is 1. The van der Waals surface area contributed by atoms with Gasteiger partial charge in [0.15, 0.2) is 0 Å². The molecular weight excluding hydrogens is 484 g/mol. The third-order valence-electron chi connectivity index (χ3n) is 6.66. The zero-order valence-corrected chi connectivity index (χ0v) is 21.6. The van der Waals surface area contributed by atoms with Crippen molar-refractivity contribution in [2.75, 3.05) is 40.5 Å². The first-order chi connectivity index (χ1) is 17.4. The predicted molar refractivity (Wildman–Crippen MR) is 134 cm³/mol. The Hall–Kier alpha value is -2.66. The molecule has 0 bridgehead atoms. The van der Waals surface area contributed by atoms with Gasteiger partial charge in [0.05, 0.1) is 18.8 Å². The molecule has 0 radical (unpaired) electrons. The fraction of sp³-hybridized carbons (Fsp3) is 0.500. The van der Waals surface area contributed by atoms with E-state index in [1.807, 2.05) is 30.3 Å². The summed E-state index contributed by atoms with van der Waals surface area (Å²) >= 11 is 0. The quantitative estimate of drug-likeness (QED) is 0.504. The molecule has 0 N–H and O–H groups in total. The summed E-state index contributed by atoms with van der Waals surface area (Å²) in [6.45, 7) is 2.00. The molecule has 0 spiro atoms. The monoisotopic (exact) mass is 518 g/mol. The van der Waals surface area contributed by atoms with Crippen LogP contribution in [0.3, 0.4) is 0 Å². The first-order valence-corrected chi connectivity index (χ1v) is 13.7. The Balaban J connectivity index is 1.35. The normalized spacial score (nSPS) is 21.0. The molecule has 196 valence electrons. The van der Waals surface area contributed by atoms with Crippen molar-refractivity contribution in [2.45, 2.75) is 43.5 Å². The van der Waals surface area contributed by atoms with E-state index in [0.29, 0.717) is 50.5 Å². The third kappa shape index (κ3) is 6.76. The Morgan fingerprint density at radius 1 is 1.03 bits per heavy atom. The van der Waals surface area contributed by atoms with Crippen LogP contribution < -0.4 is 4.74 Å². The van der Waals surface area contributed by atoms with Gasteiger partial charge >= 0.3 is 6.09 Å². The number of benzene rings is 2. The van der Waals surface area contributed by atoms with Crippen LogP contribution in [0.15, 0.2) is 54.6 Å². The fourth-order valence-electron chi connectivity index (χ4n) is 4.51. The summed E-state index contributed by atoms with van der Waals surface area (Å²) < 4.78 is 50.0. The molecule has 0 aliphatic carbocycles. The van der Waals surface area contributed by atoms with E-state index < -0.39 is 22.2 Å². The second-order valence-corrected chi connectivity index (χ2v) is 11.2. The number of amides is 1. The molecule has 9 nitrogen and oxygen atoms in total. The molecule has 1 amide bonds. The number of likely N-dealkylation sites (tertiary alicyclic amines) is 1. The molecule has 2 fully saturated rings. The number of carbonyl (C=O) groups is 1. The van der Waals surface area contributed by atoms with Crippen molar-refractivity contribution in [2.24, 2.45) is 0 Å². The van der Waals surface area contributed by atoms with E-state index in [0.717, 1.165) is 5.56 Å². The maximum absolute atomic E-state index is 13.0. The highest BCUT2D eigenvalue weighted by Gasteiger charge is 2.38. The molecule has 2 aromatic rings. The van der Waals surface area contributed by atoms with Crippen LogP contribution in [0.25, 0.3) is 0 Å². The Labute approximate surface area is 212 Å². The first kappa shape index (κ1) is 26.4. The summed E-state index contributed by atoms with van der Waals surface area (Å²) in [5, 5.41) is 0. The average Bonchev–Trinajstić information content (AvgIpc) is 3.30. The van der Waals surface area contributed by atoms with E-state index in [1.54, 1.807) is 43.3 Å². The lowest BCUT2D eigenvalue weighted by Gasteiger charge is -2.30. The molecule has 2 heterocycles. The zero-order chi connectivity index (χ0) is 25.5. The number of hydrogen-bond donors (Lipinski definition) is 0. The predicted octanol–water partition coefficient (Wildman–Crippen LogP) is 3.04. The maximum atomic E-state index is 13.0. The van der Waals surface area contributed by atoms with E-state index in [1.165, 1.54) is 4.31 Å². The van der Waals surface area contributed by atoms with E-state index in [2.05, 4.69) is 0 Å². The lowest BCUT2D eigenvalue weighted by molar-refractivity contribution is 0.0338. The lowest BCUT2D eigenvalue weighted by atomic mass is 10.1. The molecule has 0 saturated carbocycles. The van der Waals surface area contributed by atoms with Crippen molar-refractivity contribution in [1.29, 1.82) is 0 Å². The Kier molecular flexibility index (Phi) is 8.84. The number of sulfonamides is 1. The molecule has 0 aromatic heterocycles. The van der Waals surface area contributed by atoms with Crippen molar-refractivity contribution < 1.29 is 32.2 Å². The third-order valence-corrected chi connectivity index (χ3v) is 8.53. The highest BCUT2D eigenvalue weighted by molar-refractivity contribution is 7.88. The minimum atomic E-state index is -3.49.